The number of rotatable bonds is 3. The number of hydrogen-bond acceptors (Lipinski definition) is 2. The molecular formula is C16H22O2. The molecule has 1 unspecified atom stereocenters. The Morgan fingerprint density at radius 1 is 1.17 bits per heavy atom. The van der Waals surface area contributed by atoms with Gasteiger partial charge in [-0.25, -0.2) is 0 Å². The molecule has 2 rings (SSSR count). The molecule has 1 aromatic rings. The number of ketones is 1. The first-order chi connectivity index (χ1) is 8.81. The lowest BCUT2D eigenvalue weighted by Crippen LogP contribution is -2.19. The van der Waals surface area contributed by atoms with E-state index in [0.29, 0.717) is 5.78 Å². The summed E-state index contributed by atoms with van der Waals surface area (Å²) in [7, 11) is 1.69. The average Bonchev–Trinajstić information content (AvgIpc) is 2.39. The summed E-state index contributed by atoms with van der Waals surface area (Å²) in [4.78, 5) is 12.1. The fraction of sp³-hybridized carbons (Fsp3) is 0.562. The van der Waals surface area contributed by atoms with Gasteiger partial charge in [0.05, 0.1) is 7.11 Å². The molecule has 0 radical (unpaired) electrons. The molecule has 1 aliphatic rings. The Hall–Kier alpha value is -1.31. The number of para-hydroxylation sites is 1. The highest BCUT2D eigenvalue weighted by atomic mass is 16.5. The molecule has 2 nitrogen and oxygen atoms in total. The van der Waals surface area contributed by atoms with Crippen molar-refractivity contribution in [1.29, 1.82) is 0 Å². The topological polar surface area (TPSA) is 26.3 Å². The molecule has 98 valence electrons. The summed E-state index contributed by atoms with van der Waals surface area (Å²) in [6, 6.07) is 8.04. The quantitative estimate of drug-likeness (QED) is 0.811. The van der Waals surface area contributed by atoms with Gasteiger partial charge in [-0.2, -0.15) is 0 Å². The maximum atomic E-state index is 12.1. The van der Waals surface area contributed by atoms with Crippen molar-refractivity contribution in [2.45, 2.75) is 44.9 Å². The summed E-state index contributed by atoms with van der Waals surface area (Å²) >= 11 is 0. The van der Waals surface area contributed by atoms with E-state index in [0.717, 1.165) is 31.4 Å². The van der Waals surface area contributed by atoms with Crippen molar-refractivity contribution in [3.05, 3.63) is 29.8 Å². The molecule has 0 bridgehead atoms. The van der Waals surface area contributed by atoms with Crippen LogP contribution >= 0.6 is 0 Å². The van der Waals surface area contributed by atoms with Gasteiger partial charge in [0, 0.05) is 12.3 Å². The van der Waals surface area contributed by atoms with Gasteiger partial charge in [0.25, 0.3) is 0 Å². The van der Waals surface area contributed by atoms with Crippen LogP contribution in [0.1, 0.15) is 44.1 Å². The van der Waals surface area contributed by atoms with Crippen LogP contribution in [0.5, 0.6) is 5.75 Å². The molecule has 0 heterocycles. The highest BCUT2D eigenvalue weighted by Crippen LogP contribution is 2.27. The summed E-state index contributed by atoms with van der Waals surface area (Å²) in [5.41, 5.74) is 1.17. The van der Waals surface area contributed by atoms with Crippen molar-refractivity contribution in [3.8, 4) is 5.75 Å². The fourth-order valence-corrected chi connectivity index (χ4v) is 2.76. The number of hydrogen-bond donors (Lipinski definition) is 0. The zero-order chi connectivity index (χ0) is 12.8. The summed E-state index contributed by atoms with van der Waals surface area (Å²) in [6.07, 6.45) is 7.38. The predicted octanol–water partition coefficient (Wildman–Crippen LogP) is 3.78. The van der Waals surface area contributed by atoms with Crippen LogP contribution < -0.4 is 4.74 Å². The molecule has 1 aromatic carbocycles. The zero-order valence-corrected chi connectivity index (χ0v) is 11.2. The standard InChI is InChI=1S/C16H22O2/c1-18-16-11-7-6-9-14(16)12-13-8-4-2-3-5-10-15(13)17/h6-7,9,11,13H,2-5,8,10,12H2,1H3. The van der Waals surface area contributed by atoms with Gasteiger partial charge >= 0.3 is 0 Å². The summed E-state index contributed by atoms with van der Waals surface area (Å²) in [5.74, 6) is 1.55. The lowest BCUT2D eigenvalue weighted by atomic mass is 9.85. The molecule has 0 N–H and O–H groups in total. The number of ether oxygens (including phenoxy) is 1. The van der Waals surface area contributed by atoms with Gasteiger partial charge in [-0.3, -0.25) is 4.79 Å². The third-order valence-corrected chi connectivity index (χ3v) is 3.84. The second-order valence-corrected chi connectivity index (χ2v) is 5.13. The van der Waals surface area contributed by atoms with Crippen LogP contribution in [-0.4, -0.2) is 12.9 Å². The Labute approximate surface area is 109 Å². The number of carbonyl (C=O) groups excluding carboxylic acids is 1. The van der Waals surface area contributed by atoms with Crippen LogP contribution in [0, 0.1) is 5.92 Å². The minimum absolute atomic E-state index is 0.196. The highest BCUT2D eigenvalue weighted by Gasteiger charge is 2.21. The van der Waals surface area contributed by atoms with Crippen LogP contribution in [0.4, 0.5) is 0 Å². The molecule has 1 fully saturated rings. The van der Waals surface area contributed by atoms with Gasteiger partial charge in [0.2, 0.25) is 0 Å². The van der Waals surface area contributed by atoms with E-state index in [-0.39, 0.29) is 5.92 Å². The fourth-order valence-electron chi connectivity index (χ4n) is 2.76. The van der Waals surface area contributed by atoms with Gasteiger partial charge < -0.3 is 4.74 Å². The van der Waals surface area contributed by atoms with Crippen LogP contribution in [0.15, 0.2) is 24.3 Å². The first-order valence-electron chi connectivity index (χ1n) is 6.96. The second kappa shape index (κ2) is 6.58. The maximum Gasteiger partial charge on any atom is 0.136 e. The third kappa shape index (κ3) is 3.34. The second-order valence-electron chi connectivity index (χ2n) is 5.13. The van der Waals surface area contributed by atoms with Crippen molar-refractivity contribution >= 4 is 5.78 Å². The molecule has 0 spiro atoms. The molecule has 0 saturated heterocycles. The van der Waals surface area contributed by atoms with Gasteiger partial charge in [0.15, 0.2) is 0 Å². The monoisotopic (exact) mass is 246 g/mol. The molecule has 18 heavy (non-hydrogen) atoms. The number of methoxy groups -OCH3 is 1. The lowest BCUT2D eigenvalue weighted by molar-refractivity contribution is -0.123. The normalized spacial score (nSPS) is 21.2. The zero-order valence-electron chi connectivity index (χ0n) is 11.2. The van der Waals surface area contributed by atoms with Crippen LogP contribution in [0.2, 0.25) is 0 Å². The van der Waals surface area contributed by atoms with E-state index in [4.69, 9.17) is 4.74 Å². The number of carbonyl (C=O) groups is 1. The summed E-state index contributed by atoms with van der Waals surface area (Å²) in [5, 5.41) is 0. The first kappa shape index (κ1) is 13.1. The van der Waals surface area contributed by atoms with Gasteiger partial charge in [-0.15, -0.1) is 0 Å². The van der Waals surface area contributed by atoms with Crippen molar-refractivity contribution in [2.24, 2.45) is 5.92 Å². The molecule has 0 aliphatic heterocycles. The Kier molecular flexibility index (Phi) is 4.80. The Morgan fingerprint density at radius 2 is 1.94 bits per heavy atom. The van der Waals surface area contributed by atoms with Crippen molar-refractivity contribution < 1.29 is 9.53 Å². The molecule has 0 amide bonds. The molecule has 0 aromatic heterocycles. The molecule has 2 heteroatoms. The molecule has 1 atom stereocenters. The van der Waals surface area contributed by atoms with E-state index in [9.17, 15) is 4.79 Å². The number of Topliss-reactive ketones (excluding diaryl/α,β-unsaturated/α-hetero) is 1. The van der Waals surface area contributed by atoms with E-state index in [2.05, 4.69) is 6.07 Å². The van der Waals surface area contributed by atoms with Gasteiger partial charge in [-0.05, 0) is 30.9 Å². The van der Waals surface area contributed by atoms with E-state index >= 15 is 0 Å². The highest BCUT2D eigenvalue weighted by molar-refractivity contribution is 5.81. The number of benzene rings is 1. The lowest BCUT2D eigenvalue weighted by Gasteiger charge is -2.19. The Balaban J connectivity index is 2.08. The minimum atomic E-state index is 0.196. The minimum Gasteiger partial charge on any atom is -0.496 e. The van der Waals surface area contributed by atoms with Crippen LogP contribution in [0.3, 0.4) is 0 Å². The van der Waals surface area contributed by atoms with Crippen LogP contribution in [-0.2, 0) is 11.2 Å². The summed E-state index contributed by atoms with van der Waals surface area (Å²) < 4.78 is 5.37. The first-order valence-corrected chi connectivity index (χ1v) is 6.96. The molecular weight excluding hydrogens is 224 g/mol. The van der Waals surface area contributed by atoms with Gasteiger partial charge in [0.1, 0.15) is 11.5 Å². The SMILES string of the molecule is COc1ccccc1CC1CCCCCCC1=O. The van der Waals surface area contributed by atoms with Gasteiger partial charge in [-0.1, -0.05) is 37.5 Å². The largest absolute Gasteiger partial charge is 0.496 e. The maximum absolute atomic E-state index is 12.1. The predicted molar refractivity (Wildman–Crippen MR) is 72.9 cm³/mol. The Bertz CT molecular complexity index is 398. The van der Waals surface area contributed by atoms with E-state index in [1.807, 2.05) is 18.2 Å². The van der Waals surface area contributed by atoms with Crippen molar-refractivity contribution in [1.82, 2.24) is 0 Å². The molecule has 1 aliphatic carbocycles. The van der Waals surface area contributed by atoms with Crippen molar-refractivity contribution in [2.75, 3.05) is 7.11 Å². The Morgan fingerprint density at radius 3 is 2.78 bits per heavy atom. The molecule has 1 saturated carbocycles. The van der Waals surface area contributed by atoms with Crippen molar-refractivity contribution in [3.63, 3.8) is 0 Å². The van der Waals surface area contributed by atoms with E-state index < -0.39 is 0 Å². The smallest absolute Gasteiger partial charge is 0.136 e. The van der Waals surface area contributed by atoms with E-state index in [1.165, 1.54) is 24.8 Å². The third-order valence-electron chi connectivity index (χ3n) is 3.84. The average molecular weight is 246 g/mol. The van der Waals surface area contributed by atoms with Crippen LogP contribution in [0.25, 0.3) is 0 Å². The van der Waals surface area contributed by atoms with E-state index in [1.54, 1.807) is 7.11 Å². The summed E-state index contributed by atoms with van der Waals surface area (Å²) in [6.45, 7) is 0.